The highest BCUT2D eigenvalue weighted by Gasteiger charge is 2.11. The fourth-order valence-corrected chi connectivity index (χ4v) is 3.30. The number of hydrogen-bond acceptors (Lipinski definition) is 6. The zero-order valence-electron chi connectivity index (χ0n) is 19.1. The van der Waals surface area contributed by atoms with Gasteiger partial charge >= 0.3 is 0 Å². The Morgan fingerprint density at radius 3 is 2.40 bits per heavy atom. The molecule has 176 valence electrons. The van der Waals surface area contributed by atoms with Gasteiger partial charge in [-0.05, 0) is 65.7 Å². The predicted molar refractivity (Wildman–Crippen MR) is 131 cm³/mol. The maximum absolute atomic E-state index is 12.7. The number of nitrogens with one attached hydrogen (secondary N) is 2. The first kappa shape index (κ1) is 23.4. The molecule has 0 saturated carbocycles. The average molecular weight is 469 g/mol. The van der Waals surface area contributed by atoms with Crippen molar-refractivity contribution in [3.63, 3.8) is 0 Å². The molecule has 0 fully saturated rings. The van der Waals surface area contributed by atoms with Crippen molar-refractivity contribution in [1.82, 2.24) is 15.3 Å². The SMILES string of the molecule is COc1cc(CNC(=O)c2cccc(NC(=O)c3cccnc3)c2)ccc1OCc1ccncc1. The molecule has 0 aliphatic heterocycles. The molecule has 2 amide bonds. The molecule has 2 N–H and O–H groups in total. The lowest BCUT2D eigenvalue weighted by molar-refractivity contribution is 0.0949. The molecule has 2 aromatic carbocycles. The van der Waals surface area contributed by atoms with Crippen LogP contribution < -0.4 is 20.1 Å². The number of carbonyl (C=O) groups is 2. The molecule has 8 nitrogen and oxygen atoms in total. The Morgan fingerprint density at radius 1 is 0.800 bits per heavy atom. The highest BCUT2D eigenvalue weighted by Crippen LogP contribution is 2.29. The summed E-state index contributed by atoms with van der Waals surface area (Å²) in [7, 11) is 1.57. The lowest BCUT2D eigenvalue weighted by Gasteiger charge is -2.13. The number of rotatable bonds is 9. The van der Waals surface area contributed by atoms with Gasteiger partial charge < -0.3 is 20.1 Å². The van der Waals surface area contributed by atoms with Gasteiger partial charge in [0, 0.05) is 42.6 Å². The van der Waals surface area contributed by atoms with E-state index in [9.17, 15) is 9.59 Å². The molecule has 0 atom stereocenters. The van der Waals surface area contributed by atoms with Crippen LogP contribution in [0.25, 0.3) is 0 Å². The Kier molecular flexibility index (Phi) is 7.65. The minimum Gasteiger partial charge on any atom is -0.493 e. The average Bonchev–Trinajstić information content (AvgIpc) is 2.92. The number of amides is 2. The normalized spacial score (nSPS) is 10.3. The Morgan fingerprint density at radius 2 is 1.63 bits per heavy atom. The van der Waals surface area contributed by atoms with Gasteiger partial charge in [0.1, 0.15) is 6.61 Å². The summed E-state index contributed by atoms with van der Waals surface area (Å²) in [6.07, 6.45) is 6.51. The zero-order valence-corrected chi connectivity index (χ0v) is 19.1. The summed E-state index contributed by atoms with van der Waals surface area (Å²) in [5.74, 6) is 0.621. The second kappa shape index (κ2) is 11.4. The van der Waals surface area contributed by atoms with E-state index in [1.165, 1.54) is 6.20 Å². The van der Waals surface area contributed by atoms with Crippen LogP contribution in [0, 0.1) is 0 Å². The summed E-state index contributed by atoms with van der Waals surface area (Å²) in [5, 5.41) is 5.67. The number of pyridine rings is 2. The van der Waals surface area contributed by atoms with Crippen LogP contribution in [-0.4, -0.2) is 28.9 Å². The van der Waals surface area contributed by atoms with Gasteiger partial charge in [0.15, 0.2) is 11.5 Å². The minimum absolute atomic E-state index is 0.264. The first-order chi connectivity index (χ1) is 17.1. The van der Waals surface area contributed by atoms with E-state index in [-0.39, 0.29) is 11.8 Å². The van der Waals surface area contributed by atoms with Crippen LogP contribution in [0.4, 0.5) is 5.69 Å². The lowest BCUT2D eigenvalue weighted by Crippen LogP contribution is -2.23. The van der Waals surface area contributed by atoms with Crippen LogP contribution in [0.3, 0.4) is 0 Å². The molecule has 0 bridgehead atoms. The van der Waals surface area contributed by atoms with Gasteiger partial charge in [0.25, 0.3) is 11.8 Å². The Hall–Kier alpha value is -4.72. The first-order valence-corrected chi connectivity index (χ1v) is 10.9. The largest absolute Gasteiger partial charge is 0.493 e. The van der Waals surface area contributed by atoms with E-state index in [0.29, 0.717) is 41.5 Å². The van der Waals surface area contributed by atoms with Crippen molar-refractivity contribution < 1.29 is 19.1 Å². The number of aromatic nitrogens is 2. The van der Waals surface area contributed by atoms with Crippen molar-refractivity contribution in [3.8, 4) is 11.5 Å². The van der Waals surface area contributed by atoms with Crippen molar-refractivity contribution in [3.05, 3.63) is 114 Å². The molecule has 0 radical (unpaired) electrons. The van der Waals surface area contributed by atoms with Gasteiger partial charge in [0.2, 0.25) is 0 Å². The summed E-state index contributed by atoms with van der Waals surface area (Å²) >= 11 is 0. The minimum atomic E-state index is -0.297. The van der Waals surface area contributed by atoms with Gasteiger partial charge in [0.05, 0.1) is 12.7 Å². The molecule has 4 rings (SSSR count). The number of anilines is 1. The van der Waals surface area contributed by atoms with Gasteiger partial charge in [-0.1, -0.05) is 12.1 Å². The Bertz CT molecular complexity index is 1300. The topological polar surface area (TPSA) is 102 Å². The summed E-state index contributed by atoms with van der Waals surface area (Å²) in [6, 6.07) is 19.4. The smallest absolute Gasteiger partial charge is 0.257 e. The fourth-order valence-electron chi connectivity index (χ4n) is 3.30. The quantitative estimate of drug-likeness (QED) is 0.381. The summed E-state index contributed by atoms with van der Waals surface area (Å²) in [6.45, 7) is 0.689. The van der Waals surface area contributed by atoms with Crippen LogP contribution in [0.5, 0.6) is 11.5 Å². The highest BCUT2D eigenvalue weighted by atomic mass is 16.5. The highest BCUT2D eigenvalue weighted by molar-refractivity contribution is 6.04. The molecular weight excluding hydrogens is 444 g/mol. The van der Waals surface area contributed by atoms with Crippen molar-refractivity contribution in [2.75, 3.05) is 12.4 Å². The zero-order chi connectivity index (χ0) is 24.5. The van der Waals surface area contributed by atoms with Gasteiger partial charge in [-0.25, -0.2) is 0 Å². The molecule has 0 spiro atoms. The number of ether oxygens (including phenoxy) is 2. The van der Waals surface area contributed by atoms with E-state index in [1.54, 1.807) is 62.1 Å². The van der Waals surface area contributed by atoms with E-state index in [2.05, 4.69) is 20.6 Å². The number of nitrogens with zero attached hydrogens (tertiary/aromatic N) is 2. The fraction of sp³-hybridized carbons (Fsp3) is 0.111. The lowest BCUT2D eigenvalue weighted by atomic mass is 10.1. The maximum Gasteiger partial charge on any atom is 0.257 e. The van der Waals surface area contributed by atoms with Crippen molar-refractivity contribution in [1.29, 1.82) is 0 Å². The molecule has 8 heteroatoms. The van der Waals surface area contributed by atoms with E-state index in [0.717, 1.165) is 11.1 Å². The second-order valence-electron chi connectivity index (χ2n) is 7.59. The van der Waals surface area contributed by atoms with Crippen LogP contribution in [0.1, 0.15) is 31.8 Å². The maximum atomic E-state index is 12.7. The van der Waals surface area contributed by atoms with Crippen LogP contribution in [0.15, 0.2) is 91.5 Å². The first-order valence-electron chi connectivity index (χ1n) is 10.9. The van der Waals surface area contributed by atoms with Crippen molar-refractivity contribution in [2.24, 2.45) is 0 Å². The number of carbonyl (C=O) groups excluding carboxylic acids is 2. The molecule has 0 aliphatic carbocycles. The van der Waals surface area contributed by atoms with Gasteiger partial charge in [-0.3, -0.25) is 19.6 Å². The molecule has 0 aliphatic rings. The van der Waals surface area contributed by atoms with E-state index in [4.69, 9.17) is 9.47 Å². The van der Waals surface area contributed by atoms with E-state index in [1.807, 2.05) is 30.3 Å². The van der Waals surface area contributed by atoms with Gasteiger partial charge in [-0.15, -0.1) is 0 Å². The van der Waals surface area contributed by atoms with E-state index >= 15 is 0 Å². The van der Waals surface area contributed by atoms with Crippen molar-refractivity contribution in [2.45, 2.75) is 13.2 Å². The van der Waals surface area contributed by atoms with Crippen molar-refractivity contribution >= 4 is 17.5 Å². The Labute approximate surface area is 203 Å². The van der Waals surface area contributed by atoms with Gasteiger partial charge in [-0.2, -0.15) is 0 Å². The molecule has 4 aromatic rings. The standard InChI is InChI=1S/C27H24N4O4/c1-34-25-14-20(7-8-24(25)35-18-19-9-12-28-13-10-19)16-30-26(32)21-4-2-6-23(15-21)31-27(33)22-5-3-11-29-17-22/h2-15,17H,16,18H2,1H3,(H,30,32)(H,31,33). The van der Waals surface area contributed by atoms with Crippen LogP contribution in [-0.2, 0) is 13.2 Å². The molecule has 0 unspecified atom stereocenters. The van der Waals surface area contributed by atoms with Crippen LogP contribution >= 0.6 is 0 Å². The summed E-state index contributed by atoms with van der Waals surface area (Å²) in [5.41, 5.74) is 3.23. The molecular formula is C27H24N4O4. The number of hydrogen-bond donors (Lipinski definition) is 2. The predicted octanol–water partition coefficient (Wildman–Crippen LogP) is 4.25. The molecule has 35 heavy (non-hydrogen) atoms. The Balaban J connectivity index is 1.35. The number of methoxy groups -OCH3 is 1. The van der Waals surface area contributed by atoms with Crippen LogP contribution in [0.2, 0.25) is 0 Å². The molecule has 2 aromatic heterocycles. The summed E-state index contributed by atoms with van der Waals surface area (Å²) < 4.78 is 11.3. The third-order valence-corrected chi connectivity index (χ3v) is 5.13. The monoisotopic (exact) mass is 468 g/mol. The second-order valence-corrected chi connectivity index (χ2v) is 7.59. The summed E-state index contributed by atoms with van der Waals surface area (Å²) in [4.78, 5) is 33.0. The molecule has 2 heterocycles. The molecule has 0 saturated heterocycles. The third-order valence-electron chi connectivity index (χ3n) is 5.13. The van der Waals surface area contributed by atoms with E-state index < -0.39 is 0 Å². The number of benzene rings is 2. The third kappa shape index (κ3) is 6.42.